The van der Waals surface area contributed by atoms with Crippen LogP contribution in [0.25, 0.3) is 0 Å². The standard InChI is InChI=1S/C14H23N3O4/c1-2-3-12(13(18)19)15-14(20)17-5-4-11(10-17)16-6-8-21-9-7-16/h2,11-12H,1,3-10H2,(H,15,20)(H,18,19). The van der Waals surface area contributed by atoms with Crippen molar-refractivity contribution in [2.45, 2.75) is 24.9 Å². The molecule has 0 spiro atoms. The molecule has 0 radical (unpaired) electrons. The highest BCUT2D eigenvalue weighted by molar-refractivity contribution is 5.82. The minimum Gasteiger partial charge on any atom is -0.480 e. The van der Waals surface area contributed by atoms with Crippen LogP contribution in [0.5, 0.6) is 0 Å². The van der Waals surface area contributed by atoms with Crippen molar-refractivity contribution in [3.05, 3.63) is 12.7 Å². The highest BCUT2D eigenvalue weighted by Gasteiger charge is 2.32. The molecule has 0 aromatic rings. The lowest BCUT2D eigenvalue weighted by atomic mass is 10.2. The molecule has 21 heavy (non-hydrogen) atoms. The minimum absolute atomic E-state index is 0.224. The number of morpholine rings is 1. The van der Waals surface area contributed by atoms with Crippen molar-refractivity contribution in [2.75, 3.05) is 39.4 Å². The lowest BCUT2D eigenvalue weighted by Crippen LogP contribution is -2.49. The molecule has 2 fully saturated rings. The van der Waals surface area contributed by atoms with Gasteiger partial charge in [-0.1, -0.05) is 6.08 Å². The molecule has 0 aliphatic carbocycles. The third-order valence-electron chi connectivity index (χ3n) is 4.01. The molecule has 0 bridgehead atoms. The van der Waals surface area contributed by atoms with Gasteiger partial charge in [-0.15, -0.1) is 6.58 Å². The first kappa shape index (κ1) is 15.8. The quantitative estimate of drug-likeness (QED) is 0.705. The van der Waals surface area contributed by atoms with E-state index >= 15 is 0 Å². The van der Waals surface area contributed by atoms with Crippen LogP contribution in [0.15, 0.2) is 12.7 Å². The summed E-state index contributed by atoms with van der Waals surface area (Å²) in [6.45, 7) is 8.09. The molecule has 2 unspecified atom stereocenters. The van der Waals surface area contributed by atoms with Gasteiger partial charge in [0.2, 0.25) is 0 Å². The third-order valence-corrected chi connectivity index (χ3v) is 4.01. The Balaban J connectivity index is 1.83. The van der Waals surface area contributed by atoms with E-state index in [9.17, 15) is 9.59 Å². The summed E-state index contributed by atoms with van der Waals surface area (Å²) >= 11 is 0. The van der Waals surface area contributed by atoms with Gasteiger partial charge in [0.15, 0.2) is 0 Å². The maximum Gasteiger partial charge on any atom is 0.326 e. The van der Waals surface area contributed by atoms with Gasteiger partial charge in [-0.05, 0) is 12.8 Å². The molecule has 2 rings (SSSR count). The molecule has 2 amide bonds. The SMILES string of the molecule is C=CCC(NC(=O)N1CCC(N2CCOCC2)C1)C(=O)O. The highest BCUT2D eigenvalue weighted by atomic mass is 16.5. The van der Waals surface area contributed by atoms with Gasteiger partial charge in [0.25, 0.3) is 0 Å². The Bertz CT molecular complexity index is 396. The van der Waals surface area contributed by atoms with Crippen molar-refractivity contribution in [2.24, 2.45) is 0 Å². The van der Waals surface area contributed by atoms with E-state index in [-0.39, 0.29) is 12.5 Å². The Morgan fingerprint density at radius 1 is 1.38 bits per heavy atom. The van der Waals surface area contributed by atoms with Gasteiger partial charge >= 0.3 is 12.0 Å². The maximum absolute atomic E-state index is 12.1. The van der Waals surface area contributed by atoms with Crippen molar-refractivity contribution in [1.82, 2.24) is 15.1 Å². The monoisotopic (exact) mass is 297 g/mol. The minimum atomic E-state index is -1.04. The summed E-state index contributed by atoms with van der Waals surface area (Å²) in [4.78, 5) is 27.2. The summed E-state index contributed by atoms with van der Waals surface area (Å²) in [5.41, 5.74) is 0. The van der Waals surface area contributed by atoms with E-state index in [1.165, 1.54) is 6.08 Å². The van der Waals surface area contributed by atoms with Crippen molar-refractivity contribution in [3.8, 4) is 0 Å². The van der Waals surface area contributed by atoms with Crippen LogP contribution in [-0.2, 0) is 9.53 Å². The number of likely N-dealkylation sites (tertiary alicyclic amines) is 1. The largest absolute Gasteiger partial charge is 0.480 e. The molecule has 2 atom stereocenters. The number of hydrogen-bond donors (Lipinski definition) is 2. The molecular formula is C14H23N3O4. The number of nitrogens with one attached hydrogen (secondary N) is 1. The number of ether oxygens (including phenoxy) is 1. The fourth-order valence-electron chi connectivity index (χ4n) is 2.80. The van der Waals surface area contributed by atoms with Crippen molar-refractivity contribution >= 4 is 12.0 Å². The molecule has 2 aliphatic heterocycles. The fraction of sp³-hybridized carbons (Fsp3) is 0.714. The lowest BCUT2D eigenvalue weighted by molar-refractivity contribution is -0.139. The molecule has 2 aliphatic rings. The van der Waals surface area contributed by atoms with E-state index in [0.717, 1.165) is 32.7 Å². The van der Waals surface area contributed by atoms with Crippen molar-refractivity contribution < 1.29 is 19.4 Å². The fourth-order valence-corrected chi connectivity index (χ4v) is 2.80. The Hall–Kier alpha value is -1.60. The predicted molar refractivity (Wildman–Crippen MR) is 77.1 cm³/mol. The molecule has 7 nitrogen and oxygen atoms in total. The zero-order chi connectivity index (χ0) is 15.2. The second-order valence-corrected chi connectivity index (χ2v) is 5.40. The first-order valence-electron chi connectivity index (χ1n) is 7.32. The van der Waals surface area contributed by atoms with Crippen LogP contribution in [0.4, 0.5) is 4.79 Å². The zero-order valence-electron chi connectivity index (χ0n) is 12.2. The number of nitrogens with zero attached hydrogens (tertiary/aromatic N) is 2. The molecule has 0 aromatic carbocycles. The Labute approximate surface area is 124 Å². The lowest BCUT2D eigenvalue weighted by Gasteiger charge is -2.32. The van der Waals surface area contributed by atoms with Gasteiger partial charge in [0.1, 0.15) is 6.04 Å². The molecule has 0 saturated carbocycles. The van der Waals surface area contributed by atoms with Crippen molar-refractivity contribution in [3.63, 3.8) is 0 Å². The number of rotatable bonds is 5. The summed E-state index contributed by atoms with van der Waals surface area (Å²) < 4.78 is 5.33. The normalized spacial score (nSPS) is 24.6. The number of carbonyl (C=O) groups excluding carboxylic acids is 1. The van der Waals surface area contributed by atoms with Crippen LogP contribution >= 0.6 is 0 Å². The van der Waals surface area contributed by atoms with Gasteiger partial charge in [-0.25, -0.2) is 9.59 Å². The van der Waals surface area contributed by atoms with Crippen LogP contribution in [0.2, 0.25) is 0 Å². The van der Waals surface area contributed by atoms with E-state index in [1.807, 2.05) is 0 Å². The summed E-state index contributed by atoms with van der Waals surface area (Å²) in [6.07, 6.45) is 2.65. The molecule has 118 valence electrons. The van der Waals surface area contributed by atoms with Gasteiger partial charge in [-0.2, -0.15) is 0 Å². The smallest absolute Gasteiger partial charge is 0.326 e. The van der Waals surface area contributed by atoms with Crippen LogP contribution in [0.3, 0.4) is 0 Å². The predicted octanol–water partition coefficient (Wildman–Crippen LogP) is 0.132. The first-order chi connectivity index (χ1) is 10.1. The van der Waals surface area contributed by atoms with Crippen LogP contribution in [0, 0.1) is 0 Å². The number of hydrogen-bond acceptors (Lipinski definition) is 4. The average Bonchev–Trinajstić information content (AvgIpc) is 2.97. The van der Waals surface area contributed by atoms with E-state index in [2.05, 4.69) is 16.8 Å². The summed E-state index contributed by atoms with van der Waals surface area (Å²) in [5, 5.41) is 11.6. The van der Waals surface area contributed by atoms with E-state index in [1.54, 1.807) is 4.90 Å². The molecule has 2 saturated heterocycles. The topological polar surface area (TPSA) is 82.1 Å². The molecule has 2 heterocycles. The Morgan fingerprint density at radius 2 is 2.10 bits per heavy atom. The molecule has 0 aromatic heterocycles. The van der Waals surface area contributed by atoms with Gasteiger partial charge in [-0.3, -0.25) is 4.90 Å². The van der Waals surface area contributed by atoms with Gasteiger partial charge in [0, 0.05) is 32.2 Å². The first-order valence-corrected chi connectivity index (χ1v) is 7.32. The van der Waals surface area contributed by atoms with E-state index in [0.29, 0.717) is 19.1 Å². The second-order valence-electron chi connectivity index (χ2n) is 5.40. The number of aliphatic carboxylic acids is 1. The second kappa shape index (κ2) is 7.42. The van der Waals surface area contributed by atoms with E-state index in [4.69, 9.17) is 9.84 Å². The number of amides is 2. The summed E-state index contributed by atoms with van der Waals surface area (Å²) in [7, 11) is 0. The Morgan fingerprint density at radius 3 is 2.71 bits per heavy atom. The maximum atomic E-state index is 12.1. The van der Waals surface area contributed by atoms with E-state index < -0.39 is 12.0 Å². The number of carboxylic acid groups (broad SMARTS) is 1. The van der Waals surface area contributed by atoms with Crippen LogP contribution in [-0.4, -0.2) is 78.4 Å². The number of carbonyl (C=O) groups is 2. The third kappa shape index (κ3) is 4.18. The molecular weight excluding hydrogens is 274 g/mol. The molecule has 2 N–H and O–H groups in total. The number of urea groups is 1. The van der Waals surface area contributed by atoms with Crippen molar-refractivity contribution in [1.29, 1.82) is 0 Å². The Kier molecular flexibility index (Phi) is 5.58. The average molecular weight is 297 g/mol. The number of carboxylic acids is 1. The molecule has 7 heteroatoms. The van der Waals surface area contributed by atoms with Gasteiger partial charge < -0.3 is 20.1 Å². The van der Waals surface area contributed by atoms with Gasteiger partial charge in [0.05, 0.1) is 13.2 Å². The van der Waals surface area contributed by atoms with Crippen LogP contribution in [0.1, 0.15) is 12.8 Å². The van der Waals surface area contributed by atoms with Crippen LogP contribution < -0.4 is 5.32 Å². The zero-order valence-corrected chi connectivity index (χ0v) is 12.2. The summed E-state index contributed by atoms with van der Waals surface area (Å²) in [5.74, 6) is -1.04. The highest BCUT2D eigenvalue weighted by Crippen LogP contribution is 2.17. The summed E-state index contributed by atoms with van der Waals surface area (Å²) in [6, 6.07) is -0.861.